The van der Waals surface area contributed by atoms with Crippen molar-refractivity contribution in [3.05, 3.63) is 54.1 Å². The van der Waals surface area contributed by atoms with Gasteiger partial charge < -0.3 is 20.1 Å². The average molecular weight is 326 g/mol. The zero-order valence-corrected chi connectivity index (χ0v) is 13.7. The molecule has 126 valence electrons. The third kappa shape index (κ3) is 4.26. The lowest BCUT2D eigenvalue weighted by atomic mass is 10.2. The Kier molecular flexibility index (Phi) is 5.33. The Balaban J connectivity index is 1.37. The Labute approximate surface area is 142 Å². The monoisotopic (exact) mass is 326 g/mol. The van der Waals surface area contributed by atoms with Gasteiger partial charge in [0.2, 0.25) is 5.91 Å². The maximum atomic E-state index is 12.0. The highest BCUT2D eigenvalue weighted by molar-refractivity contribution is 5.91. The van der Waals surface area contributed by atoms with E-state index in [1.54, 1.807) is 0 Å². The number of amides is 1. The lowest BCUT2D eigenvalue weighted by Crippen LogP contribution is -2.39. The van der Waals surface area contributed by atoms with Crippen molar-refractivity contribution in [3.63, 3.8) is 0 Å². The van der Waals surface area contributed by atoms with Gasteiger partial charge in [-0.25, -0.2) is 0 Å². The van der Waals surface area contributed by atoms with Crippen molar-refractivity contribution in [1.82, 2.24) is 5.32 Å². The van der Waals surface area contributed by atoms with E-state index in [2.05, 4.69) is 10.6 Å². The van der Waals surface area contributed by atoms with Crippen molar-refractivity contribution >= 4 is 11.6 Å². The van der Waals surface area contributed by atoms with Crippen LogP contribution in [0.4, 0.5) is 5.69 Å². The highest BCUT2D eigenvalue weighted by atomic mass is 16.6. The number of para-hydroxylation sites is 3. The molecular formula is C19H22N2O3. The first-order chi connectivity index (χ1) is 11.7. The maximum Gasteiger partial charge on any atom is 0.225 e. The van der Waals surface area contributed by atoms with Gasteiger partial charge in [-0.3, -0.25) is 4.79 Å². The molecule has 0 aromatic heterocycles. The molecule has 0 saturated carbocycles. The molecule has 1 aliphatic heterocycles. The summed E-state index contributed by atoms with van der Waals surface area (Å²) in [4.78, 5) is 12.0. The molecular weight excluding hydrogens is 304 g/mol. The molecule has 1 aliphatic rings. The van der Waals surface area contributed by atoms with Crippen molar-refractivity contribution in [3.8, 4) is 11.5 Å². The van der Waals surface area contributed by atoms with E-state index in [0.717, 1.165) is 22.7 Å². The molecule has 1 heterocycles. The lowest BCUT2D eigenvalue weighted by molar-refractivity contribution is -0.116. The van der Waals surface area contributed by atoms with Gasteiger partial charge in [0.25, 0.3) is 0 Å². The van der Waals surface area contributed by atoms with Crippen LogP contribution < -0.4 is 20.1 Å². The highest BCUT2D eigenvalue weighted by Crippen LogP contribution is 2.30. The van der Waals surface area contributed by atoms with Crippen LogP contribution >= 0.6 is 0 Å². The Morgan fingerprint density at radius 2 is 1.88 bits per heavy atom. The fraction of sp³-hybridized carbons (Fsp3) is 0.316. The number of hydrogen-bond donors (Lipinski definition) is 2. The maximum absolute atomic E-state index is 12.0. The SMILES string of the molecule is Cc1ccccc1NC(=O)CCNCC1COc2ccccc2O1. The van der Waals surface area contributed by atoms with Crippen LogP contribution in [0.5, 0.6) is 11.5 Å². The van der Waals surface area contributed by atoms with Gasteiger partial charge in [0.1, 0.15) is 12.7 Å². The predicted molar refractivity (Wildman–Crippen MR) is 93.6 cm³/mol. The van der Waals surface area contributed by atoms with Gasteiger partial charge in [0.15, 0.2) is 11.5 Å². The number of anilines is 1. The topological polar surface area (TPSA) is 59.6 Å². The summed E-state index contributed by atoms with van der Waals surface area (Å²) in [6, 6.07) is 15.4. The number of hydrogen-bond acceptors (Lipinski definition) is 4. The molecule has 3 rings (SSSR count). The van der Waals surface area contributed by atoms with Crippen molar-refractivity contribution in [2.45, 2.75) is 19.4 Å². The Morgan fingerprint density at radius 1 is 1.12 bits per heavy atom. The van der Waals surface area contributed by atoms with Crippen LogP contribution in [0.1, 0.15) is 12.0 Å². The summed E-state index contributed by atoms with van der Waals surface area (Å²) in [7, 11) is 0. The van der Waals surface area contributed by atoms with Crippen molar-refractivity contribution in [2.24, 2.45) is 0 Å². The van der Waals surface area contributed by atoms with Crippen LogP contribution in [0.3, 0.4) is 0 Å². The summed E-state index contributed by atoms with van der Waals surface area (Å²) in [5.74, 6) is 1.56. The fourth-order valence-electron chi connectivity index (χ4n) is 2.55. The summed E-state index contributed by atoms with van der Waals surface area (Å²) in [6.45, 7) is 3.73. The van der Waals surface area contributed by atoms with Gasteiger partial charge >= 0.3 is 0 Å². The number of ether oxygens (including phenoxy) is 2. The molecule has 0 saturated heterocycles. The second kappa shape index (κ2) is 7.84. The van der Waals surface area contributed by atoms with Gasteiger partial charge in [-0.15, -0.1) is 0 Å². The minimum atomic E-state index is -0.0423. The molecule has 2 N–H and O–H groups in total. The van der Waals surface area contributed by atoms with E-state index >= 15 is 0 Å². The van der Waals surface area contributed by atoms with E-state index in [4.69, 9.17) is 9.47 Å². The zero-order valence-electron chi connectivity index (χ0n) is 13.7. The molecule has 5 heteroatoms. The van der Waals surface area contributed by atoms with Crippen LogP contribution in [0.15, 0.2) is 48.5 Å². The molecule has 1 unspecified atom stereocenters. The van der Waals surface area contributed by atoms with E-state index in [9.17, 15) is 4.79 Å². The number of aryl methyl sites for hydroxylation is 1. The van der Waals surface area contributed by atoms with Gasteiger partial charge in [-0.1, -0.05) is 30.3 Å². The highest BCUT2D eigenvalue weighted by Gasteiger charge is 2.19. The van der Waals surface area contributed by atoms with Crippen molar-refractivity contribution < 1.29 is 14.3 Å². The number of fused-ring (bicyclic) bond motifs is 1. The van der Waals surface area contributed by atoms with Crippen LogP contribution in [0.25, 0.3) is 0 Å². The molecule has 1 atom stereocenters. The molecule has 0 spiro atoms. The molecule has 5 nitrogen and oxygen atoms in total. The fourth-order valence-corrected chi connectivity index (χ4v) is 2.55. The zero-order chi connectivity index (χ0) is 16.8. The second-order valence-electron chi connectivity index (χ2n) is 5.81. The molecule has 0 fully saturated rings. The number of rotatable bonds is 6. The minimum Gasteiger partial charge on any atom is -0.486 e. The summed E-state index contributed by atoms with van der Waals surface area (Å²) in [5.41, 5.74) is 1.92. The Hall–Kier alpha value is -2.53. The summed E-state index contributed by atoms with van der Waals surface area (Å²) in [6.07, 6.45) is 0.373. The largest absolute Gasteiger partial charge is 0.486 e. The van der Waals surface area contributed by atoms with Gasteiger partial charge in [-0.05, 0) is 30.7 Å². The molecule has 2 aromatic rings. The number of benzene rings is 2. The number of carbonyl (C=O) groups is 1. The van der Waals surface area contributed by atoms with Crippen LogP contribution in [0.2, 0.25) is 0 Å². The first-order valence-electron chi connectivity index (χ1n) is 8.17. The molecule has 24 heavy (non-hydrogen) atoms. The number of nitrogens with one attached hydrogen (secondary N) is 2. The minimum absolute atomic E-state index is 0.00274. The van der Waals surface area contributed by atoms with Gasteiger partial charge in [0.05, 0.1) is 0 Å². The average Bonchev–Trinajstić information content (AvgIpc) is 2.60. The van der Waals surface area contributed by atoms with Crippen LogP contribution in [-0.4, -0.2) is 31.7 Å². The van der Waals surface area contributed by atoms with Crippen molar-refractivity contribution in [2.75, 3.05) is 25.0 Å². The van der Waals surface area contributed by atoms with E-state index in [1.165, 1.54) is 0 Å². The first-order valence-corrected chi connectivity index (χ1v) is 8.17. The molecule has 0 bridgehead atoms. The van der Waals surface area contributed by atoms with Crippen LogP contribution in [-0.2, 0) is 4.79 Å². The second-order valence-corrected chi connectivity index (χ2v) is 5.81. The van der Waals surface area contributed by atoms with E-state index < -0.39 is 0 Å². The van der Waals surface area contributed by atoms with Crippen molar-refractivity contribution in [1.29, 1.82) is 0 Å². The van der Waals surface area contributed by atoms with Gasteiger partial charge in [0, 0.05) is 25.2 Å². The first kappa shape index (κ1) is 16.3. The molecule has 0 aliphatic carbocycles. The third-order valence-corrected chi connectivity index (χ3v) is 3.89. The van der Waals surface area contributed by atoms with Crippen LogP contribution in [0, 0.1) is 6.92 Å². The predicted octanol–water partition coefficient (Wildman–Crippen LogP) is 2.75. The molecule has 2 aromatic carbocycles. The normalized spacial score (nSPS) is 15.8. The summed E-state index contributed by atoms with van der Waals surface area (Å²) < 4.78 is 11.5. The summed E-state index contributed by atoms with van der Waals surface area (Å²) in [5, 5.41) is 6.18. The Morgan fingerprint density at radius 3 is 2.71 bits per heavy atom. The van der Waals surface area contributed by atoms with E-state index in [0.29, 0.717) is 26.1 Å². The lowest BCUT2D eigenvalue weighted by Gasteiger charge is -2.26. The molecule has 0 radical (unpaired) electrons. The van der Waals surface area contributed by atoms with Gasteiger partial charge in [-0.2, -0.15) is 0 Å². The van der Waals surface area contributed by atoms with E-state index in [-0.39, 0.29) is 12.0 Å². The smallest absolute Gasteiger partial charge is 0.225 e. The standard InChI is InChI=1S/C19H22N2O3/c1-14-6-2-3-7-16(14)21-19(22)10-11-20-12-15-13-23-17-8-4-5-9-18(17)24-15/h2-9,15,20H,10-13H2,1H3,(H,21,22). The number of carbonyl (C=O) groups excluding carboxylic acids is 1. The third-order valence-electron chi connectivity index (χ3n) is 3.89. The molecule has 1 amide bonds. The Bertz CT molecular complexity index is 703. The van der Waals surface area contributed by atoms with E-state index in [1.807, 2.05) is 55.5 Å². The summed E-state index contributed by atoms with van der Waals surface area (Å²) >= 11 is 0. The quantitative estimate of drug-likeness (QED) is 0.802.